The van der Waals surface area contributed by atoms with Gasteiger partial charge in [0.05, 0.1) is 5.52 Å². The first-order chi connectivity index (χ1) is 11.0. The molecule has 1 aliphatic heterocycles. The van der Waals surface area contributed by atoms with E-state index in [9.17, 15) is 4.79 Å². The fraction of sp³-hybridized carbons (Fsp3) is 0.471. The first kappa shape index (κ1) is 16.0. The van der Waals surface area contributed by atoms with Crippen LogP contribution in [-0.2, 0) is 4.79 Å². The highest BCUT2D eigenvalue weighted by Crippen LogP contribution is 2.28. The summed E-state index contributed by atoms with van der Waals surface area (Å²) < 4.78 is 0. The summed E-state index contributed by atoms with van der Waals surface area (Å²) >= 11 is 6.03. The van der Waals surface area contributed by atoms with Crippen molar-refractivity contribution in [1.29, 1.82) is 0 Å². The third-order valence-electron chi connectivity index (χ3n) is 4.17. The van der Waals surface area contributed by atoms with Crippen LogP contribution < -0.4 is 10.2 Å². The van der Waals surface area contributed by atoms with Crippen LogP contribution >= 0.6 is 11.6 Å². The average Bonchev–Trinajstić information content (AvgIpc) is 2.53. The van der Waals surface area contributed by atoms with Gasteiger partial charge in [-0.3, -0.25) is 4.79 Å². The number of halogens is 1. The molecule has 6 heteroatoms. The van der Waals surface area contributed by atoms with E-state index in [4.69, 9.17) is 11.6 Å². The number of benzene rings is 1. The predicted molar refractivity (Wildman–Crippen MR) is 92.8 cm³/mol. The van der Waals surface area contributed by atoms with Gasteiger partial charge in [0.25, 0.3) is 0 Å². The quantitative estimate of drug-likeness (QED) is 0.938. The van der Waals surface area contributed by atoms with Gasteiger partial charge in [0.15, 0.2) is 0 Å². The van der Waals surface area contributed by atoms with Gasteiger partial charge in [-0.25, -0.2) is 9.97 Å². The molecule has 0 spiro atoms. The maximum atomic E-state index is 12.1. The first-order valence-corrected chi connectivity index (χ1v) is 8.38. The van der Waals surface area contributed by atoms with E-state index < -0.39 is 0 Å². The number of amides is 1. The van der Waals surface area contributed by atoms with Gasteiger partial charge in [0.1, 0.15) is 12.1 Å². The van der Waals surface area contributed by atoms with Crippen molar-refractivity contribution in [3.63, 3.8) is 0 Å². The molecule has 0 saturated carbocycles. The Morgan fingerprint density at radius 3 is 2.74 bits per heavy atom. The summed E-state index contributed by atoms with van der Waals surface area (Å²) in [7, 11) is 0. The summed E-state index contributed by atoms with van der Waals surface area (Å²) in [5.41, 5.74) is 0.849. The van der Waals surface area contributed by atoms with Crippen LogP contribution in [0.3, 0.4) is 0 Å². The van der Waals surface area contributed by atoms with Crippen LogP contribution in [0.4, 0.5) is 5.82 Å². The Kier molecular flexibility index (Phi) is 4.66. The van der Waals surface area contributed by atoms with Gasteiger partial charge in [-0.2, -0.15) is 0 Å². The van der Waals surface area contributed by atoms with E-state index in [0.29, 0.717) is 5.02 Å². The molecule has 1 amide bonds. The standard InChI is InChI=1S/C17H21ClN4O/c1-11(2)21-17(23)12-5-7-22(8-6-12)16-14-4-3-13(18)9-15(14)19-10-20-16/h3-4,9-12H,5-8H2,1-2H3,(H,21,23). The van der Waals surface area contributed by atoms with Crippen LogP contribution in [-0.4, -0.2) is 35.0 Å². The summed E-state index contributed by atoms with van der Waals surface area (Å²) in [4.78, 5) is 23.1. The van der Waals surface area contributed by atoms with E-state index in [1.165, 1.54) is 0 Å². The molecule has 23 heavy (non-hydrogen) atoms. The molecule has 2 aromatic rings. The zero-order chi connectivity index (χ0) is 16.4. The van der Waals surface area contributed by atoms with E-state index in [2.05, 4.69) is 20.2 Å². The van der Waals surface area contributed by atoms with E-state index in [-0.39, 0.29) is 17.9 Å². The van der Waals surface area contributed by atoms with Crippen molar-refractivity contribution in [2.45, 2.75) is 32.7 Å². The number of nitrogens with one attached hydrogen (secondary N) is 1. The summed E-state index contributed by atoms with van der Waals surface area (Å²) in [5.74, 6) is 1.18. The maximum Gasteiger partial charge on any atom is 0.223 e. The number of nitrogens with zero attached hydrogens (tertiary/aromatic N) is 3. The second-order valence-electron chi connectivity index (χ2n) is 6.28. The number of hydrogen-bond donors (Lipinski definition) is 1. The molecule has 1 aliphatic rings. The van der Waals surface area contributed by atoms with Crippen molar-refractivity contribution in [1.82, 2.24) is 15.3 Å². The molecule has 0 unspecified atom stereocenters. The van der Waals surface area contributed by atoms with Gasteiger partial charge >= 0.3 is 0 Å². The van der Waals surface area contributed by atoms with Gasteiger partial charge < -0.3 is 10.2 Å². The third kappa shape index (κ3) is 3.55. The highest BCUT2D eigenvalue weighted by molar-refractivity contribution is 6.31. The fourth-order valence-corrected chi connectivity index (χ4v) is 3.19. The molecule has 122 valence electrons. The number of fused-ring (bicyclic) bond motifs is 1. The zero-order valence-corrected chi connectivity index (χ0v) is 14.2. The van der Waals surface area contributed by atoms with Gasteiger partial charge in [-0.05, 0) is 44.9 Å². The van der Waals surface area contributed by atoms with Gasteiger partial charge in [-0.1, -0.05) is 11.6 Å². The molecule has 3 rings (SSSR count). The smallest absolute Gasteiger partial charge is 0.223 e. The highest BCUT2D eigenvalue weighted by Gasteiger charge is 2.26. The number of hydrogen-bond acceptors (Lipinski definition) is 4. The topological polar surface area (TPSA) is 58.1 Å². The molecule has 1 aromatic carbocycles. The number of anilines is 1. The van der Waals surface area contributed by atoms with Crippen molar-refractivity contribution in [3.8, 4) is 0 Å². The molecule has 0 atom stereocenters. The second-order valence-corrected chi connectivity index (χ2v) is 6.72. The predicted octanol–water partition coefficient (Wildman–Crippen LogP) is 3.02. The molecule has 1 N–H and O–H groups in total. The van der Waals surface area contributed by atoms with Gasteiger partial charge in [0, 0.05) is 35.5 Å². The lowest BCUT2D eigenvalue weighted by Crippen LogP contribution is -2.42. The zero-order valence-electron chi connectivity index (χ0n) is 13.4. The molecule has 5 nitrogen and oxygen atoms in total. The largest absolute Gasteiger partial charge is 0.356 e. The summed E-state index contributed by atoms with van der Waals surface area (Å²) in [5, 5.41) is 4.68. The Hall–Kier alpha value is -1.88. The SMILES string of the molecule is CC(C)NC(=O)C1CCN(c2ncnc3cc(Cl)ccc23)CC1. The third-order valence-corrected chi connectivity index (χ3v) is 4.41. The van der Waals surface area contributed by atoms with Crippen molar-refractivity contribution < 1.29 is 4.79 Å². The van der Waals surface area contributed by atoms with Crippen LogP contribution in [0.1, 0.15) is 26.7 Å². The summed E-state index contributed by atoms with van der Waals surface area (Å²) in [6.45, 7) is 5.63. The Morgan fingerprint density at radius 2 is 2.04 bits per heavy atom. The second kappa shape index (κ2) is 6.71. The Balaban J connectivity index is 1.74. The molecule has 0 radical (unpaired) electrons. The van der Waals surface area contributed by atoms with Crippen LogP contribution in [0, 0.1) is 5.92 Å². The molecule has 0 bridgehead atoms. The first-order valence-electron chi connectivity index (χ1n) is 8.00. The molecule has 1 aromatic heterocycles. The molecule has 1 fully saturated rings. The van der Waals surface area contributed by atoms with E-state index >= 15 is 0 Å². The minimum atomic E-state index is 0.0937. The monoisotopic (exact) mass is 332 g/mol. The number of rotatable bonds is 3. The fourth-order valence-electron chi connectivity index (χ4n) is 3.02. The number of carbonyl (C=O) groups is 1. The maximum absolute atomic E-state index is 12.1. The van der Waals surface area contributed by atoms with Crippen LogP contribution in [0.15, 0.2) is 24.5 Å². The van der Waals surface area contributed by atoms with Crippen molar-refractivity contribution in [3.05, 3.63) is 29.5 Å². The highest BCUT2D eigenvalue weighted by atomic mass is 35.5. The van der Waals surface area contributed by atoms with Crippen molar-refractivity contribution in [2.75, 3.05) is 18.0 Å². The minimum absolute atomic E-state index is 0.0937. The van der Waals surface area contributed by atoms with Crippen LogP contribution in [0.5, 0.6) is 0 Å². The number of aromatic nitrogens is 2. The normalized spacial score (nSPS) is 16.1. The molecule has 2 heterocycles. The van der Waals surface area contributed by atoms with E-state index in [1.807, 2.05) is 32.0 Å². The molecular formula is C17H21ClN4O. The lowest BCUT2D eigenvalue weighted by atomic mass is 9.95. The average molecular weight is 333 g/mol. The molecule has 1 saturated heterocycles. The van der Waals surface area contributed by atoms with Gasteiger partial charge in [0.2, 0.25) is 5.91 Å². The molecular weight excluding hydrogens is 312 g/mol. The molecule has 0 aliphatic carbocycles. The van der Waals surface area contributed by atoms with E-state index in [0.717, 1.165) is 42.7 Å². The summed E-state index contributed by atoms with van der Waals surface area (Å²) in [6, 6.07) is 5.87. The van der Waals surface area contributed by atoms with Crippen molar-refractivity contribution in [2.24, 2.45) is 5.92 Å². The van der Waals surface area contributed by atoms with Crippen LogP contribution in [0.25, 0.3) is 10.9 Å². The lowest BCUT2D eigenvalue weighted by Gasteiger charge is -2.33. The number of carbonyl (C=O) groups excluding carboxylic acids is 1. The Bertz CT molecular complexity index is 711. The Morgan fingerprint density at radius 1 is 1.30 bits per heavy atom. The Labute approximate surface area is 141 Å². The van der Waals surface area contributed by atoms with Crippen LogP contribution in [0.2, 0.25) is 5.02 Å². The number of piperidine rings is 1. The van der Waals surface area contributed by atoms with E-state index in [1.54, 1.807) is 6.33 Å². The van der Waals surface area contributed by atoms with Gasteiger partial charge in [-0.15, -0.1) is 0 Å². The minimum Gasteiger partial charge on any atom is -0.356 e. The van der Waals surface area contributed by atoms with Crippen molar-refractivity contribution >= 4 is 34.2 Å². The lowest BCUT2D eigenvalue weighted by molar-refractivity contribution is -0.126. The summed E-state index contributed by atoms with van der Waals surface area (Å²) in [6.07, 6.45) is 3.26.